The van der Waals surface area contributed by atoms with Crippen molar-refractivity contribution in [3.63, 3.8) is 0 Å². The molecule has 204 valence electrons. The van der Waals surface area contributed by atoms with Gasteiger partial charge in [0.15, 0.2) is 5.82 Å². The standard InChI is InChI=1S/C27H27F3N6O3/c28-27(29,30)18-2-1-3-20(16-18)33-26(37)32-19-6-4-17(5-7-19)21-8-9-22(24-23(21)25(31)35-34-24)39-15-12-36-10-13-38-14-11-36/h1-9,16H,10-15H2,(H3,31,34,35)(H2,32,33,37). The van der Waals surface area contributed by atoms with Gasteiger partial charge < -0.3 is 25.8 Å². The van der Waals surface area contributed by atoms with Gasteiger partial charge in [-0.05, 0) is 53.6 Å². The summed E-state index contributed by atoms with van der Waals surface area (Å²) in [5.41, 5.74) is 8.18. The smallest absolute Gasteiger partial charge is 0.416 e. The number of morpholine rings is 1. The summed E-state index contributed by atoms with van der Waals surface area (Å²) in [6.07, 6.45) is -4.50. The van der Waals surface area contributed by atoms with E-state index in [9.17, 15) is 18.0 Å². The number of alkyl halides is 3. The molecule has 1 saturated heterocycles. The minimum atomic E-state index is -4.50. The molecule has 2 heterocycles. The Morgan fingerprint density at radius 1 is 1.05 bits per heavy atom. The third kappa shape index (κ3) is 6.24. The van der Waals surface area contributed by atoms with Gasteiger partial charge in [0.05, 0.1) is 24.2 Å². The second-order valence-electron chi connectivity index (χ2n) is 9.01. The van der Waals surface area contributed by atoms with E-state index >= 15 is 0 Å². The van der Waals surface area contributed by atoms with Crippen molar-refractivity contribution in [2.75, 3.05) is 55.8 Å². The molecule has 0 atom stereocenters. The van der Waals surface area contributed by atoms with Crippen LogP contribution in [0.4, 0.5) is 35.2 Å². The van der Waals surface area contributed by atoms with Crippen LogP contribution < -0.4 is 21.1 Å². The topological polar surface area (TPSA) is 118 Å². The average molecular weight is 541 g/mol. The lowest BCUT2D eigenvalue weighted by Gasteiger charge is -2.26. The molecule has 0 spiro atoms. The second kappa shape index (κ2) is 11.2. The maximum absolute atomic E-state index is 12.9. The first kappa shape index (κ1) is 26.3. The Hall–Kier alpha value is -4.29. The molecule has 0 bridgehead atoms. The highest BCUT2D eigenvalue weighted by molar-refractivity contribution is 6.04. The van der Waals surface area contributed by atoms with Gasteiger partial charge in [-0.3, -0.25) is 10.00 Å². The number of rotatable bonds is 7. The number of anilines is 3. The van der Waals surface area contributed by atoms with E-state index in [2.05, 4.69) is 25.7 Å². The molecule has 12 heteroatoms. The zero-order valence-corrected chi connectivity index (χ0v) is 20.8. The Morgan fingerprint density at radius 2 is 1.79 bits per heavy atom. The van der Waals surface area contributed by atoms with Crippen molar-refractivity contribution in [1.82, 2.24) is 15.1 Å². The molecule has 5 rings (SSSR count). The molecular formula is C27H27F3N6O3. The minimum absolute atomic E-state index is 0.0315. The number of hydrogen-bond acceptors (Lipinski definition) is 6. The summed E-state index contributed by atoms with van der Waals surface area (Å²) in [5, 5.41) is 12.9. The first-order chi connectivity index (χ1) is 18.8. The van der Waals surface area contributed by atoms with Gasteiger partial charge in [-0.1, -0.05) is 18.2 Å². The number of aromatic nitrogens is 2. The largest absolute Gasteiger partial charge is 0.490 e. The molecule has 1 fully saturated rings. The number of urea groups is 1. The van der Waals surface area contributed by atoms with Crippen LogP contribution in [-0.4, -0.2) is 60.6 Å². The third-order valence-electron chi connectivity index (χ3n) is 6.38. The number of nitrogens with one attached hydrogen (secondary N) is 3. The van der Waals surface area contributed by atoms with E-state index in [0.29, 0.717) is 29.4 Å². The molecule has 2 amide bonds. The summed E-state index contributed by atoms with van der Waals surface area (Å²) in [6, 6.07) is 14.5. The van der Waals surface area contributed by atoms with Crippen molar-refractivity contribution in [2.45, 2.75) is 6.18 Å². The van der Waals surface area contributed by atoms with Crippen LogP contribution in [-0.2, 0) is 10.9 Å². The van der Waals surface area contributed by atoms with Gasteiger partial charge in [0.25, 0.3) is 0 Å². The lowest BCUT2D eigenvalue weighted by atomic mass is 10.0. The fourth-order valence-electron chi connectivity index (χ4n) is 4.40. The van der Waals surface area contributed by atoms with Crippen LogP contribution in [0.25, 0.3) is 22.0 Å². The zero-order chi connectivity index (χ0) is 27.4. The number of carbonyl (C=O) groups excluding carboxylic acids is 1. The van der Waals surface area contributed by atoms with Gasteiger partial charge in [0.1, 0.15) is 17.9 Å². The van der Waals surface area contributed by atoms with Crippen molar-refractivity contribution in [3.8, 4) is 16.9 Å². The predicted octanol–water partition coefficient (Wildman–Crippen LogP) is 5.19. The number of H-pyrrole nitrogens is 1. The number of ether oxygens (including phenoxy) is 2. The Kier molecular flexibility index (Phi) is 7.57. The lowest BCUT2D eigenvalue weighted by Crippen LogP contribution is -2.38. The summed E-state index contributed by atoms with van der Waals surface area (Å²) >= 11 is 0. The van der Waals surface area contributed by atoms with Crippen LogP contribution in [0.15, 0.2) is 60.7 Å². The molecule has 39 heavy (non-hydrogen) atoms. The number of fused-ring (bicyclic) bond motifs is 1. The number of nitrogens with two attached hydrogens (primary N) is 1. The van der Waals surface area contributed by atoms with E-state index in [4.69, 9.17) is 15.2 Å². The molecule has 1 aromatic heterocycles. The Morgan fingerprint density at radius 3 is 2.54 bits per heavy atom. The highest BCUT2D eigenvalue weighted by Gasteiger charge is 2.30. The van der Waals surface area contributed by atoms with Crippen molar-refractivity contribution in [1.29, 1.82) is 0 Å². The van der Waals surface area contributed by atoms with Gasteiger partial charge >= 0.3 is 12.2 Å². The number of amides is 2. The SMILES string of the molecule is Nc1n[nH]c2c(OCCN3CCOCC3)ccc(-c3ccc(NC(=O)Nc4cccc(C(F)(F)F)c4)cc3)c12. The monoisotopic (exact) mass is 540 g/mol. The summed E-state index contributed by atoms with van der Waals surface area (Å²) < 4.78 is 50.2. The lowest BCUT2D eigenvalue weighted by molar-refractivity contribution is -0.137. The summed E-state index contributed by atoms with van der Waals surface area (Å²) in [5.74, 6) is 0.983. The molecular weight excluding hydrogens is 513 g/mol. The fraction of sp³-hybridized carbons (Fsp3) is 0.259. The third-order valence-corrected chi connectivity index (χ3v) is 6.38. The molecule has 1 aliphatic rings. The second-order valence-corrected chi connectivity index (χ2v) is 9.01. The molecule has 0 unspecified atom stereocenters. The highest BCUT2D eigenvalue weighted by atomic mass is 19.4. The Bertz CT molecular complexity index is 1450. The molecule has 4 aromatic rings. The van der Waals surface area contributed by atoms with Crippen LogP contribution in [0, 0.1) is 0 Å². The number of halogens is 3. The fourth-order valence-corrected chi connectivity index (χ4v) is 4.40. The van der Waals surface area contributed by atoms with E-state index < -0.39 is 17.8 Å². The van der Waals surface area contributed by atoms with E-state index in [1.165, 1.54) is 12.1 Å². The molecule has 0 saturated carbocycles. The average Bonchev–Trinajstić information content (AvgIpc) is 3.31. The summed E-state index contributed by atoms with van der Waals surface area (Å²) in [6.45, 7) is 4.51. The van der Waals surface area contributed by atoms with Gasteiger partial charge in [-0.2, -0.15) is 18.3 Å². The molecule has 5 N–H and O–H groups in total. The first-order valence-electron chi connectivity index (χ1n) is 12.3. The predicted molar refractivity (Wildman–Crippen MR) is 143 cm³/mol. The highest BCUT2D eigenvalue weighted by Crippen LogP contribution is 2.37. The van der Waals surface area contributed by atoms with Gasteiger partial charge in [0, 0.05) is 31.0 Å². The van der Waals surface area contributed by atoms with E-state index in [0.717, 1.165) is 61.5 Å². The maximum Gasteiger partial charge on any atom is 0.416 e. The van der Waals surface area contributed by atoms with Crippen LogP contribution in [0.2, 0.25) is 0 Å². The van der Waals surface area contributed by atoms with Crippen LogP contribution in [0.5, 0.6) is 5.75 Å². The zero-order valence-electron chi connectivity index (χ0n) is 20.8. The number of nitrogen functional groups attached to an aromatic ring is 1. The molecule has 1 aliphatic heterocycles. The molecule has 9 nitrogen and oxygen atoms in total. The van der Waals surface area contributed by atoms with Crippen molar-refractivity contribution < 1.29 is 27.4 Å². The number of carbonyl (C=O) groups is 1. The quantitative estimate of drug-likeness (QED) is 0.257. The van der Waals surface area contributed by atoms with Crippen molar-refractivity contribution >= 4 is 34.1 Å². The van der Waals surface area contributed by atoms with Gasteiger partial charge in [-0.25, -0.2) is 4.79 Å². The number of nitrogens with zero attached hydrogens (tertiary/aromatic N) is 2. The van der Waals surface area contributed by atoms with Gasteiger partial charge in [-0.15, -0.1) is 0 Å². The maximum atomic E-state index is 12.9. The minimum Gasteiger partial charge on any atom is -0.490 e. The van der Waals surface area contributed by atoms with Gasteiger partial charge in [0.2, 0.25) is 0 Å². The number of aromatic amines is 1. The first-order valence-corrected chi connectivity index (χ1v) is 12.3. The Labute approximate surface area is 222 Å². The Balaban J connectivity index is 1.26. The van der Waals surface area contributed by atoms with Crippen LogP contribution >= 0.6 is 0 Å². The van der Waals surface area contributed by atoms with Crippen molar-refractivity contribution in [3.05, 3.63) is 66.2 Å². The summed E-state index contributed by atoms with van der Waals surface area (Å²) in [4.78, 5) is 14.6. The normalized spacial score (nSPS) is 14.3. The molecule has 3 aromatic carbocycles. The molecule has 0 radical (unpaired) electrons. The van der Waals surface area contributed by atoms with E-state index in [-0.39, 0.29) is 5.69 Å². The van der Waals surface area contributed by atoms with E-state index in [1.54, 1.807) is 24.3 Å². The van der Waals surface area contributed by atoms with E-state index in [1.807, 2.05) is 12.1 Å². The van der Waals surface area contributed by atoms with Crippen LogP contribution in [0.1, 0.15) is 5.56 Å². The number of benzene rings is 3. The molecule has 0 aliphatic carbocycles. The van der Waals surface area contributed by atoms with Crippen molar-refractivity contribution in [2.24, 2.45) is 0 Å². The van der Waals surface area contributed by atoms with Crippen LogP contribution in [0.3, 0.4) is 0 Å². The number of hydrogen-bond donors (Lipinski definition) is 4. The summed E-state index contributed by atoms with van der Waals surface area (Å²) in [7, 11) is 0.